The average molecular weight is 359 g/mol. The Morgan fingerprint density at radius 2 is 1.50 bits per heavy atom. The number of anilines is 1. The molecular formula is C19H21NO6. The first-order chi connectivity index (χ1) is 12.4. The molecule has 138 valence electrons. The quantitative estimate of drug-likeness (QED) is 0.445. The Labute approximate surface area is 151 Å². The van der Waals surface area contributed by atoms with Crippen molar-refractivity contribution in [3.8, 4) is 23.0 Å². The standard InChI is InChI=1S/C19H21NO6/c1-23-15-6-5-12(10-14(15)20)13(19(21)22)7-11-8-16(24-2)18(26-4)17(9-11)25-3/h5-10H,20H2,1-4H3,(H,21,22)/b13-7+. The number of aliphatic carboxylic acids is 1. The molecule has 0 saturated carbocycles. The zero-order valence-electron chi connectivity index (χ0n) is 15.0. The molecule has 26 heavy (non-hydrogen) atoms. The van der Waals surface area contributed by atoms with Gasteiger partial charge in [0, 0.05) is 0 Å². The normalized spacial score (nSPS) is 11.0. The Bertz CT molecular complexity index is 819. The zero-order valence-corrected chi connectivity index (χ0v) is 15.0. The van der Waals surface area contributed by atoms with Crippen molar-refractivity contribution in [2.24, 2.45) is 0 Å². The third-order valence-electron chi connectivity index (χ3n) is 3.77. The van der Waals surface area contributed by atoms with Crippen molar-refractivity contribution >= 4 is 23.3 Å². The Balaban J connectivity index is 2.59. The van der Waals surface area contributed by atoms with Gasteiger partial charge in [0.2, 0.25) is 5.75 Å². The number of ether oxygens (including phenoxy) is 4. The van der Waals surface area contributed by atoms with Gasteiger partial charge in [-0.05, 0) is 41.5 Å². The number of methoxy groups -OCH3 is 4. The first-order valence-corrected chi connectivity index (χ1v) is 7.64. The highest BCUT2D eigenvalue weighted by Gasteiger charge is 2.16. The van der Waals surface area contributed by atoms with E-state index in [-0.39, 0.29) is 5.57 Å². The van der Waals surface area contributed by atoms with Crippen LogP contribution in [0.3, 0.4) is 0 Å². The van der Waals surface area contributed by atoms with E-state index in [0.717, 1.165) is 0 Å². The van der Waals surface area contributed by atoms with E-state index in [9.17, 15) is 9.90 Å². The molecule has 0 bridgehead atoms. The summed E-state index contributed by atoms with van der Waals surface area (Å²) < 4.78 is 21.0. The molecule has 3 N–H and O–H groups in total. The number of carboxylic acids is 1. The second-order valence-corrected chi connectivity index (χ2v) is 5.28. The summed E-state index contributed by atoms with van der Waals surface area (Å²) in [4.78, 5) is 11.8. The van der Waals surface area contributed by atoms with Crippen molar-refractivity contribution < 1.29 is 28.8 Å². The van der Waals surface area contributed by atoms with Gasteiger partial charge in [-0.15, -0.1) is 0 Å². The average Bonchev–Trinajstić information content (AvgIpc) is 2.64. The van der Waals surface area contributed by atoms with Crippen LogP contribution in [-0.2, 0) is 4.79 Å². The van der Waals surface area contributed by atoms with Gasteiger partial charge in [0.25, 0.3) is 0 Å². The molecule has 0 heterocycles. The summed E-state index contributed by atoms with van der Waals surface area (Å²) in [5, 5.41) is 9.63. The van der Waals surface area contributed by atoms with Crippen LogP contribution in [0.2, 0.25) is 0 Å². The maximum atomic E-state index is 11.8. The number of benzene rings is 2. The summed E-state index contributed by atoms with van der Waals surface area (Å²) in [5.74, 6) is 0.668. The molecule has 7 nitrogen and oxygen atoms in total. The second-order valence-electron chi connectivity index (χ2n) is 5.28. The molecule has 0 spiro atoms. The predicted octanol–water partition coefficient (Wildman–Crippen LogP) is 2.93. The van der Waals surface area contributed by atoms with Crippen LogP contribution in [0.25, 0.3) is 11.6 Å². The molecule has 0 radical (unpaired) electrons. The number of carboxylic acid groups (broad SMARTS) is 1. The number of hydrogen-bond donors (Lipinski definition) is 2. The summed E-state index contributed by atoms with van der Waals surface area (Å²) in [5.41, 5.74) is 7.33. The molecular weight excluding hydrogens is 338 g/mol. The maximum Gasteiger partial charge on any atom is 0.336 e. The SMILES string of the molecule is COc1ccc(/C(=C\c2cc(OC)c(OC)c(OC)c2)C(=O)O)cc1N. The lowest BCUT2D eigenvalue weighted by Crippen LogP contribution is -2.02. The minimum Gasteiger partial charge on any atom is -0.495 e. The minimum absolute atomic E-state index is 0.0635. The molecule has 2 aromatic rings. The molecule has 0 fully saturated rings. The third-order valence-corrected chi connectivity index (χ3v) is 3.77. The molecule has 0 saturated heterocycles. The van der Waals surface area contributed by atoms with Gasteiger partial charge < -0.3 is 29.8 Å². The highest BCUT2D eigenvalue weighted by Crippen LogP contribution is 2.39. The highest BCUT2D eigenvalue weighted by atomic mass is 16.5. The minimum atomic E-state index is -1.09. The molecule has 0 amide bonds. The molecule has 7 heteroatoms. The smallest absolute Gasteiger partial charge is 0.336 e. The van der Waals surface area contributed by atoms with Crippen LogP contribution >= 0.6 is 0 Å². The van der Waals surface area contributed by atoms with Crippen molar-refractivity contribution in [2.75, 3.05) is 34.2 Å². The van der Waals surface area contributed by atoms with Crippen LogP contribution in [0.15, 0.2) is 30.3 Å². The van der Waals surface area contributed by atoms with Gasteiger partial charge in [-0.3, -0.25) is 0 Å². The lowest BCUT2D eigenvalue weighted by atomic mass is 10.0. The van der Waals surface area contributed by atoms with E-state index in [1.54, 1.807) is 30.3 Å². The Morgan fingerprint density at radius 3 is 1.92 bits per heavy atom. The molecule has 0 aliphatic rings. The van der Waals surface area contributed by atoms with Crippen LogP contribution in [0.5, 0.6) is 23.0 Å². The second kappa shape index (κ2) is 8.15. The van der Waals surface area contributed by atoms with Gasteiger partial charge in [-0.1, -0.05) is 6.07 Å². The monoisotopic (exact) mass is 359 g/mol. The third kappa shape index (κ3) is 3.83. The summed E-state index contributed by atoms with van der Waals surface area (Å²) >= 11 is 0. The number of hydrogen-bond acceptors (Lipinski definition) is 6. The van der Waals surface area contributed by atoms with Gasteiger partial charge in [0.05, 0.1) is 39.7 Å². The topological polar surface area (TPSA) is 100 Å². The Kier molecular flexibility index (Phi) is 5.95. The fraction of sp³-hybridized carbons (Fsp3) is 0.211. The molecule has 0 aliphatic carbocycles. The zero-order chi connectivity index (χ0) is 19.3. The van der Waals surface area contributed by atoms with Gasteiger partial charge in [-0.2, -0.15) is 0 Å². The number of rotatable bonds is 7. The van der Waals surface area contributed by atoms with Crippen molar-refractivity contribution in [2.45, 2.75) is 0 Å². The highest BCUT2D eigenvalue weighted by molar-refractivity contribution is 6.20. The summed E-state index contributed by atoms with van der Waals surface area (Å²) in [6.07, 6.45) is 1.51. The van der Waals surface area contributed by atoms with Crippen LogP contribution < -0.4 is 24.7 Å². The molecule has 0 aromatic heterocycles. The van der Waals surface area contributed by atoms with Crippen LogP contribution in [0.4, 0.5) is 5.69 Å². The molecule has 0 unspecified atom stereocenters. The first-order valence-electron chi connectivity index (χ1n) is 7.64. The molecule has 0 atom stereocenters. The van der Waals surface area contributed by atoms with Crippen LogP contribution in [-0.4, -0.2) is 39.5 Å². The van der Waals surface area contributed by atoms with E-state index in [2.05, 4.69) is 0 Å². The van der Waals surface area contributed by atoms with E-state index in [4.69, 9.17) is 24.7 Å². The van der Waals surface area contributed by atoms with Gasteiger partial charge >= 0.3 is 5.97 Å². The largest absolute Gasteiger partial charge is 0.495 e. The Hall–Kier alpha value is -3.35. The maximum absolute atomic E-state index is 11.8. The van der Waals surface area contributed by atoms with Crippen molar-refractivity contribution in [1.29, 1.82) is 0 Å². The van der Waals surface area contributed by atoms with E-state index in [1.807, 2.05) is 0 Å². The van der Waals surface area contributed by atoms with Crippen LogP contribution in [0.1, 0.15) is 11.1 Å². The predicted molar refractivity (Wildman–Crippen MR) is 99.0 cm³/mol. The van der Waals surface area contributed by atoms with E-state index < -0.39 is 5.97 Å². The molecule has 2 rings (SSSR count). The van der Waals surface area contributed by atoms with E-state index >= 15 is 0 Å². The van der Waals surface area contributed by atoms with Crippen LogP contribution in [0, 0.1) is 0 Å². The van der Waals surface area contributed by atoms with E-state index in [0.29, 0.717) is 39.8 Å². The Morgan fingerprint density at radius 1 is 0.923 bits per heavy atom. The fourth-order valence-electron chi connectivity index (χ4n) is 2.52. The first kappa shape index (κ1) is 19.0. The van der Waals surface area contributed by atoms with Gasteiger partial charge in [0.1, 0.15) is 5.75 Å². The van der Waals surface area contributed by atoms with Crippen molar-refractivity contribution in [3.63, 3.8) is 0 Å². The number of nitrogens with two attached hydrogens (primary N) is 1. The summed E-state index contributed by atoms with van der Waals surface area (Å²) in [7, 11) is 5.98. The van der Waals surface area contributed by atoms with Gasteiger partial charge in [-0.25, -0.2) is 4.79 Å². The number of nitrogen functional groups attached to an aromatic ring is 1. The fourth-order valence-corrected chi connectivity index (χ4v) is 2.52. The van der Waals surface area contributed by atoms with Crippen molar-refractivity contribution in [1.82, 2.24) is 0 Å². The summed E-state index contributed by atoms with van der Waals surface area (Å²) in [6.45, 7) is 0. The molecule has 0 aliphatic heterocycles. The number of carbonyl (C=O) groups is 1. The summed E-state index contributed by atoms with van der Waals surface area (Å²) in [6, 6.07) is 8.13. The lowest BCUT2D eigenvalue weighted by Gasteiger charge is -2.13. The van der Waals surface area contributed by atoms with Gasteiger partial charge in [0.15, 0.2) is 11.5 Å². The lowest BCUT2D eigenvalue weighted by molar-refractivity contribution is -0.130. The van der Waals surface area contributed by atoms with Crippen molar-refractivity contribution in [3.05, 3.63) is 41.5 Å². The van der Waals surface area contributed by atoms with E-state index in [1.165, 1.54) is 34.5 Å². The molecule has 2 aromatic carbocycles.